The number of benzene rings is 2. The van der Waals surface area contributed by atoms with Crippen molar-refractivity contribution in [2.75, 3.05) is 16.5 Å². The van der Waals surface area contributed by atoms with Gasteiger partial charge in [0.25, 0.3) is 0 Å². The minimum absolute atomic E-state index is 0.0509. The monoisotopic (exact) mass is 493 g/mol. The van der Waals surface area contributed by atoms with Gasteiger partial charge in [-0.15, -0.1) is 0 Å². The predicted octanol–water partition coefficient (Wildman–Crippen LogP) is 4.28. The van der Waals surface area contributed by atoms with Gasteiger partial charge in [0.1, 0.15) is 22.3 Å². The van der Waals surface area contributed by atoms with Crippen LogP contribution in [-0.2, 0) is 25.8 Å². The predicted molar refractivity (Wildman–Crippen MR) is 120 cm³/mol. The molecule has 1 aromatic heterocycles. The molecular formula is C22H18ClF2N3O4S. The normalized spacial score (nSPS) is 11.2. The number of nitrogens with one attached hydrogen (secondary N) is 1. The van der Waals surface area contributed by atoms with E-state index >= 15 is 0 Å². The van der Waals surface area contributed by atoms with Gasteiger partial charge in [-0.25, -0.2) is 22.2 Å². The number of carbonyl (C=O) groups excluding carboxylic acids is 2. The maximum atomic E-state index is 14.4. The summed E-state index contributed by atoms with van der Waals surface area (Å²) in [5.74, 6) is -2.60. The Morgan fingerprint density at radius 3 is 2.45 bits per heavy atom. The lowest BCUT2D eigenvalue weighted by molar-refractivity contribution is -0.116. The molecule has 7 nitrogen and oxygen atoms in total. The summed E-state index contributed by atoms with van der Waals surface area (Å²) >= 11 is 5.88. The van der Waals surface area contributed by atoms with Gasteiger partial charge in [-0.3, -0.25) is 14.5 Å². The van der Waals surface area contributed by atoms with Crippen LogP contribution in [0.5, 0.6) is 0 Å². The number of hydrogen-bond acceptors (Lipinski definition) is 5. The van der Waals surface area contributed by atoms with Gasteiger partial charge in [0.05, 0.1) is 17.1 Å². The molecule has 11 heteroatoms. The molecule has 0 aliphatic carbocycles. The van der Waals surface area contributed by atoms with E-state index in [9.17, 15) is 26.8 Å². The van der Waals surface area contributed by atoms with Crippen molar-refractivity contribution in [2.24, 2.45) is 0 Å². The van der Waals surface area contributed by atoms with E-state index in [0.29, 0.717) is 5.56 Å². The maximum Gasteiger partial charge on any atom is 0.229 e. The topological polar surface area (TPSA) is 96.4 Å². The molecule has 0 radical (unpaired) electrons. The van der Waals surface area contributed by atoms with Crippen LogP contribution in [0.15, 0.2) is 59.6 Å². The van der Waals surface area contributed by atoms with Crippen molar-refractivity contribution in [3.05, 3.63) is 76.9 Å². The number of pyridine rings is 1. The van der Waals surface area contributed by atoms with E-state index in [0.717, 1.165) is 23.3 Å². The fourth-order valence-corrected chi connectivity index (χ4v) is 4.01. The average Bonchev–Trinajstić information content (AvgIpc) is 2.71. The summed E-state index contributed by atoms with van der Waals surface area (Å²) in [4.78, 5) is 29.4. The number of amides is 2. The molecule has 0 fully saturated rings. The zero-order valence-corrected chi connectivity index (χ0v) is 19.0. The summed E-state index contributed by atoms with van der Waals surface area (Å²) in [6.45, 7) is 1.22. The molecule has 0 aliphatic rings. The fourth-order valence-electron chi connectivity index (χ4n) is 3.09. The van der Waals surface area contributed by atoms with Crippen molar-refractivity contribution in [2.45, 2.75) is 18.2 Å². The molecule has 0 atom stereocenters. The maximum absolute atomic E-state index is 14.4. The first-order chi connectivity index (χ1) is 15.5. The van der Waals surface area contributed by atoms with E-state index in [-0.39, 0.29) is 28.6 Å². The molecule has 172 valence electrons. The summed E-state index contributed by atoms with van der Waals surface area (Å²) < 4.78 is 51.3. The number of sulfone groups is 1. The van der Waals surface area contributed by atoms with Gasteiger partial charge in [-0.2, -0.15) is 0 Å². The third-order valence-electron chi connectivity index (χ3n) is 4.53. The van der Waals surface area contributed by atoms with Crippen molar-refractivity contribution in [1.82, 2.24) is 4.98 Å². The summed E-state index contributed by atoms with van der Waals surface area (Å²) in [6.07, 6.45) is 2.01. The minimum atomic E-state index is -3.79. The van der Waals surface area contributed by atoms with Crippen molar-refractivity contribution < 1.29 is 26.8 Å². The number of anilines is 3. The Morgan fingerprint density at radius 1 is 1.09 bits per heavy atom. The summed E-state index contributed by atoms with van der Waals surface area (Å²) in [5, 5.41) is 2.46. The molecule has 1 N–H and O–H groups in total. The minimum Gasteiger partial charge on any atom is -0.326 e. The van der Waals surface area contributed by atoms with Crippen molar-refractivity contribution in [3.63, 3.8) is 0 Å². The molecule has 3 aromatic rings. The molecule has 33 heavy (non-hydrogen) atoms. The molecule has 0 spiro atoms. The quantitative estimate of drug-likeness (QED) is 0.553. The van der Waals surface area contributed by atoms with Crippen LogP contribution in [0.3, 0.4) is 0 Å². The second kappa shape index (κ2) is 9.63. The second-order valence-electron chi connectivity index (χ2n) is 7.08. The first-order valence-corrected chi connectivity index (χ1v) is 11.7. The third kappa shape index (κ3) is 5.71. The first-order valence-electron chi connectivity index (χ1n) is 9.46. The highest BCUT2D eigenvalue weighted by Gasteiger charge is 2.21. The van der Waals surface area contributed by atoms with Crippen molar-refractivity contribution in [1.29, 1.82) is 0 Å². The average molecular weight is 494 g/mol. The van der Waals surface area contributed by atoms with E-state index in [4.69, 9.17) is 11.6 Å². The van der Waals surface area contributed by atoms with Crippen LogP contribution < -0.4 is 10.2 Å². The largest absolute Gasteiger partial charge is 0.326 e. The number of nitrogens with zero attached hydrogens (tertiary/aromatic N) is 2. The molecule has 0 saturated heterocycles. The number of halogens is 3. The number of rotatable bonds is 6. The van der Waals surface area contributed by atoms with Crippen LogP contribution in [0.2, 0.25) is 5.02 Å². The fraction of sp³-hybridized carbons (Fsp3) is 0.136. The molecular weight excluding hydrogens is 476 g/mol. The van der Waals surface area contributed by atoms with Crippen LogP contribution in [0, 0.1) is 11.6 Å². The Hall–Kier alpha value is -3.37. The summed E-state index contributed by atoms with van der Waals surface area (Å²) in [6, 6.07) is 10.2. The lowest BCUT2D eigenvalue weighted by Gasteiger charge is -2.21. The van der Waals surface area contributed by atoms with Gasteiger partial charge in [0, 0.05) is 31.1 Å². The van der Waals surface area contributed by atoms with Crippen LogP contribution in [0.25, 0.3) is 0 Å². The molecule has 0 saturated carbocycles. The van der Waals surface area contributed by atoms with Crippen LogP contribution in [-0.4, -0.2) is 31.5 Å². The van der Waals surface area contributed by atoms with Gasteiger partial charge in [0.2, 0.25) is 11.8 Å². The van der Waals surface area contributed by atoms with Crippen LogP contribution in [0.4, 0.5) is 26.0 Å². The van der Waals surface area contributed by atoms with E-state index in [1.54, 1.807) is 0 Å². The zero-order chi connectivity index (χ0) is 24.3. The van der Waals surface area contributed by atoms with Crippen molar-refractivity contribution >= 4 is 50.4 Å². The summed E-state index contributed by atoms with van der Waals surface area (Å²) in [7, 11) is -3.79. The highest BCUT2D eigenvalue weighted by atomic mass is 35.5. The Bertz CT molecular complexity index is 1350. The third-order valence-corrected chi connectivity index (χ3v) is 6.08. The van der Waals surface area contributed by atoms with Crippen molar-refractivity contribution in [3.8, 4) is 0 Å². The van der Waals surface area contributed by atoms with Gasteiger partial charge in [-0.05, 0) is 35.9 Å². The molecule has 0 bridgehead atoms. The lowest BCUT2D eigenvalue weighted by Crippen LogP contribution is -2.24. The molecule has 2 aromatic carbocycles. The van der Waals surface area contributed by atoms with E-state index in [1.807, 2.05) is 0 Å². The van der Waals surface area contributed by atoms with Crippen LogP contribution in [0.1, 0.15) is 12.5 Å². The van der Waals surface area contributed by atoms with E-state index in [2.05, 4.69) is 10.3 Å². The Balaban J connectivity index is 1.87. The number of carbonyl (C=O) groups is 2. The second-order valence-corrected chi connectivity index (χ2v) is 9.44. The Kier molecular flexibility index (Phi) is 7.09. The Labute approximate surface area is 193 Å². The molecule has 2 amide bonds. The van der Waals surface area contributed by atoms with Gasteiger partial charge in [0.15, 0.2) is 9.84 Å². The van der Waals surface area contributed by atoms with Gasteiger partial charge >= 0.3 is 0 Å². The lowest BCUT2D eigenvalue weighted by atomic mass is 10.1. The van der Waals surface area contributed by atoms with E-state index < -0.39 is 38.2 Å². The van der Waals surface area contributed by atoms with Crippen LogP contribution >= 0.6 is 11.6 Å². The zero-order valence-electron chi connectivity index (χ0n) is 17.5. The Morgan fingerprint density at radius 2 is 1.82 bits per heavy atom. The highest BCUT2D eigenvalue weighted by molar-refractivity contribution is 7.90. The van der Waals surface area contributed by atoms with Gasteiger partial charge in [-0.1, -0.05) is 23.7 Å². The number of aromatic nitrogens is 1. The molecule has 1 heterocycles. The van der Waals surface area contributed by atoms with Gasteiger partial charge < -0.3 is 5.32 Å². The molecule has 0 aliphatic heterocycles. The summed E-state index contributed by atoms with van der Waals surface area (Å²) in [5.41, 5.74) is 0.627. The molecule has 3 rings (SSSR count). The van der Waals surface area contributed by atoms with E-state index in [1.165, 1.54) is 49.5 Å². The molecule has 0 unspecified atom stereocenters. The SMILES string of the molecule is CC(=O)N(c1ccc(S(C)(=O)=O)c(F)c1)c1cc(NC(=O)Cc2cccc(F)c2Cl)ccn1. The number of hydrogen-bond donors (Lipinski definition) is 1. The smallest absolute Gasteiger partial charge is 0.229 e. The first kappa shape index (κ1) is 24.3. The highest BCUT2D eigenvalue weighted by Crippen LogP contribution is 2.29. The standard InChI is InChI=1S/C22H18ClF2N3O4S/c1-13(29)28(16-6-7-19(18(25)12-16)33(2,31)32)20-11-15(8-9-26-20)27-21(30)10-14-4-3-5-17(24)22(14)23/h3-9,11-12H,10H2,1-2H3,(H,26,27,30).